The van der Waals surface area contributed by atoms with Crippen LogP contribution in [0.5, 0.6) is 0 Å². The average Bonchev–Trinajstić information content (AvgIpc) is 2.99. The molecular weight excluding hydrogens is 216 g/mol. The molecular formula is C12H14N4O. The molecule has 2 aromatic rings. The summed E-state index contributed by atoms with van der Waals surface area (Å²) in [5.74, 6) is 1.38. The van der Waals surface area contributed by atoms with Crippen molar-refractivity contribution in [1.82, 2.24) is 15.2 Å². The van der Waals surface area contributed by atoms with Crippen LogP contribution in [0.1, 0.15) is 12.2 Å². The molecule has 3 N–H and O–H groups in total. The molecule has 1 aromatic heterocycles. The van der Waals surface area contributed by atoms with Crippen LogP contribution in [0.3, 0.4) is 0 Å². The summed E-state index contributed by atoms with van der Waals surface area (Å²) >= 11 is 0. The van der Waals surface area contributed by atoms with E-state index >= 15 is 0 Å². The fourth-order valence-corrected chi connectivity index (χ4v) is 1.97. The second-order valence-electron chi connectivity index (χ2n) is 4.33. The number of aromatic nitrogens is 3. The molecule has 1 fully saturated rings. The zero-order valence-corrected chi connectivity index (χ0v) is 9.39. The molecule has 2 heterocycles. The maximum absolute atomic E-state index is 6.21. The molecule has 0 spiro atoms. The van der Waals surface area contributed by atoms with Gasteiger partial charge in [-0.1, -0.05) is 30.3 Å². The summed E-state index contributed by atoms with van der Waals surface area (Å²) in [5, 5.41) is 7.13. The quantitative estimate of drug-likeness (QED) is 0.808. The van der Waals surface area contributed by atoms with Gasteiger partial charge in [-0.25, -0.2) is 4.98 Å². The van der Waals surface area contributed by atoms with E-state index in [9.17, 15) is 0 Å². The van der Waals surface area contributed by atoms with E-state index in [1.165, 1.54) is 0 Å². The van der Waals surface area contributed by atoms with Gasteiger partial charge in [0, 0.05) is 12.2 Å². The Morgan fingerprint density at radius 2 is 2.12 bits per heavy atom. The lowest BCUT2D eigenvalue weighted by Crippen LogP contribution is -2.38. The van der Waals surface area contributed by atoms with Gasteiger partial charge in [-0.3, -0.25) is 5.10 Å². The largest absolute Gasteiger partial charge is 0.379 e. The number of rotatable bonds is 2. The lowest BCUT2D eigenvalue weighted by Gasteiger charge is -2.17. The third-order valence-electron chi connectivity index (χ3n) is 3.04. The molecule has 1 aliphatic rings. The molecule has 88 valence electrons. The van der Waals surface area contributed by atoms with Crippen molar-refractivity contribution in [3.05, 3.63) is 36.2 Å². The minimum Gasteiger partial charge on any atom is -0.379 e. The number of benzene rings is 1. The first-order valence-corrected chi connectivity index (χ1v) is 5.63. The van der Waals surface area contributed by atoms with Crippen LogP contribution >= 0.6 is 0 Å². The van der Waals surface area contributed by atoms with E-state index in [0.717, 1.165) is 12.0 Å². The summed E-state index contributed by atoms with van der Waals surface area (Å²) in [6.07, 6.45) is 0.774. The number of nitrogens with zero attached hydrogens (tertiary/aromatic N) is 2. The normalized spacial score (nSPS) is 24.1. The predicted molar refractivity (Wildman–Crippen MR) is 63.1 cm³/mol. The van der Waals surface area contributed by atoms with Crippen LogP contribution in [-0.2, 0) is 10.3 Å². The number of nitrogens with one attached hydrogen (secondary N) is 1. The van der Waals surface area contributed by atoms with Gasteiger partial charge in [0.25, 0.3) is 0 Å². The summed E-state index contributed by atoms with van der Waals surface area (Å²) in [6.45, 7) is 1.17. The van der Waals surface area contributed by atoms with E-state index in [2.05, 4.69) is 15.2 Å². The van der Waals surface area contributed by atoms with Gasteiger partial charge in [0.05, 0.1) is 6.61 Å². The van der Waals surface area contributed by atoms with Crippen molar-refractivity contribution in [2.45, 2.75) is 12.0 Å². The van der Waals surface area contributed by atoms with E-state index in [1.807, 2.05) is 30.3 Å². The smallest absolute Gasteiger partial charge is 0.181 e. The zero-order chi connectivity index (χ0) is 11.7. The molecule has 1 saturated heterocycles. The lowest BCUT2D eigenvalue weighted by atomic mass is 10.00. The highest BCUT2D eigenvalue weighted by Crippen LogP contribution is 2.26. The molecule has 1 aromatic carbocycles. The van der Waals surface area contributed by atoms with Crippen molar-refractivity contribution in [3.63, 3.8) is 0 Å². The Labute approximate surface area is 99.0 Å². The Hall–Kier alpha value is -1.72. The Morgan fingerprint density at radius 3 is 2.82 bits per heavy atom. The number of nitrogens with two attached hydrogens (primary N) is 1. The number of hydrogen-bond donors (Lipinski definition) is 2. The van der Waals surface area contributed by atoms with Crippen LogP contribution in [0.2, 0.25) is 0 Å². The molecule has 0 bridgehead atoms. The second kappa shape index (κ2) is 3.94. The monoisotopic (exact) mass is 230 g/mol. The van der Waals surface area contributed by atoms with Gasteiger partial charge in [0.1, 0.15) is 11.4 Å². The molecule has 5 heteroatoms. The maximum Gasteiger partial charge on any atom is 0.181 e. The van der Waals surface area contributed by atoms with E-state index in [4.69, 9.17) is 10.5 Å². The molecule has 5 nitrogen and oxygen atoms in total. The zero-order valence-electron chi connectivity index (χ0n) is 9.39. The van der Waals surface area contributed by atoms with Crippen molar-refractivity contribution in [1.29, 1.82) is 0 Å². The summed E-state index contributed by atoms with van der Waals surface area (Å²) in [4.78, 5) is 4.46. The van der Waals surface area contributed by atoms with Crippen LogP contribution in [0.15, 0.2) is 30.3 Å². The van der Waals surface area contributed by atoms with Crippen LogP contribution in [0.4, 0.5) is 0 Å². The van der Waals surface area contributed by atoms with Crippen molar-refractivity contribution < 1.29 is 4.74 Å². The number of aromatic amines is 1. The first-order chi connectivity index (χ1) is 8.28. The van der Waals surface area contributed by atoms with Crippen molar-refractivity contribution >= 4 is 0 Å². The van der Waals surface area contributed by atoms with Gasteiger partial charge in [0.15, 0.2) is 5.82 Å². The highest BCUT2D eigenvalue weighted by atomic mass is 16.5. The lowest BCUT2D eigenvalue weighted by molar-refractivity contribution is 0.176. The predicted octanol–water partition coefficient (Wildman–Crippen LogP) is 1.05. The van der Waals surface area contributed by atoms with Crippen molar-refractivity contribution in [2.75, 3.05) is 13.2 Å². The molecule has 0 radical (unpaired) electrons. The minimum atomic E-state index is -0.514. The first-order valence-electron chi connectivity index (χ1n) is 5.63. The van der Waals surface area contributed by atoms with Crippen LogP contribution < -0.4 is 5.73 Å². The van der Waals surface area contributed by atoms with E-state index < -0.39 is 5.54 Å². The molecule has 3 rings (SSSR count). The van der Waals surface area contributed by atoms with Crippen LogP contribution in [-0.4, -0.2) is 28.4 Å². The van der Waals surface area contributed by atoms with Gasteiger partial charge in [0.2, 0.25) is 0 Å². The molecule has 1 aliphatic heterocycles. The molecule has 0 aliphatic carbocycles. The third kappa shape index (κ3) is 1.83. The molecule has 0 amide bonds. The van der Waals surface area contributed by atoms with Crippen molar-refractivity contribution in [2.24, 2.45) is 5.73 Å². The number of ether oxygens (including phenoxy) is 1. The molecule has 1 atom stereocenters. The van der Waals surface area contributed by atoms with Gasteiger partial charge in [-0.2, -0.15) is 5.10 Å². The van der Waals surface area contributed by atoms with Crippen LogP contribution in [0, 0.1) is 0 Å². The van der Waals surface area contributed by atoms with Crippen LogP contribution in [0.25, 0.3) is 11.4 Å². The van der Waals surface area contributed by atoms with E-state index in [1.54, 1.807) is 0 Å². The van der Waals surface area contributed by atoms with Gasteiger partial charge < -0.3 is 10.5 Å². The SMILES string of the molecule is NC1(c2nc(-c3ccccc3)n[nH]2)CCOC1. The molecule has 1 unspecified atom stereocenters. The standard InChI is InChI=1S/C12H14N4O/c13-12(6-7-17-8-12)11-14-10(15-16-11)9-4-2-1-3-5-9/h1-5H,6-8,13H2,(H,14,15,16). The van der Waals surface area contributed by atoms with E-state index in [0.29, 0.717) is 24.9 Å². The minimum absolute atomic E-state index is 0.496. The highest BCUT2D eigenvalue weighted by Gasteiger charge is 2.35. The maximum atomic E-state index is 6.21. The summed E-state index contributed by atoms with van der Waals surface area (Å²) in [5.41, 5.74) is 6.68. The fraction of sp³-hybridized carbons (Fsp3) is 0.333. The summed E-state index contributed by atoms with van der Waals surface area (Å²) in [7, 11) is 0. The average molecular weight is 230 g/mol. The van der Waals surface area contributed by atoms with Gasteiger partial charge in [-0.05, 0) is 6.42 Å². The number of H-pyrrole nitrogens is 1. The Kier molecular flexibility index (Phi) is 2.42. The summed E-state index contributed by atoms with van der Waals surface area (Å²) in [6, 6.07) is 9.83. The fourth-order valence-electron chi connectivity index (χ4n) is 1.97. The Bertz CT molecular complexity index is 502. The summed E-state index contributed by atoms with van der Waals surface area (Å²) < 4.78 is 5.32. The topological polar surface area (TPSA) is 76.8 Å². The Balaban J connectivity index is 1.93. The second-order valence-corrected chi connectivity index (χ2v) is 4.33. The van der Waals surface area contributed by atoms with Gasteiger partial charge in [-0.15, -0.1) is 0 Å². The van der Waals surface area contributed by atoms with Crippen molar-refractivity contribution in [3.8, 4) is 11.4 Å². The third-order valence-corrected chi connectivity index (χ3v) is 3.04. The highest BCUT2D eigenvalue weighted by molar-refractivity contribution is 5.54. The number of hydrogen-bond acceptors (Lipinski definition) is 4. The first kappa shape index (κ1) is 10.4. The van der Waals surface area contributed by atoms with Gasteiger partial charge >= 0.3 is 0 Å². The Morgan fingerprint density at radius 1 is 1.29 bits per heavy atom. The molecule has 0 saturated carbocycles. The molecule has 17 heavy (non-hydrogen) atoms. The van der Waals surface area contributed by atoms with E-state index in [-0.39, 0.29) is 0 Å².